The number of hydrogen-bond acceptors (Lipinski definition) is 2. The molecule has 2 heteroatoms. The zero-order chi connectivity index (χ0) is 7.84. The zero-order valence-electron chi connectivity index (χ0n) is 6.17. The predicted molar refractivity (Wildman–Crippen MR) is 41.8 cm³/mol. The maximum Gasteiger partial charge on any atom is 0.160 e. The van der Waals surface area contributed by atoms with Gasteiger partial charge in [-0.3, -0.25) is 0 Å². The van der Waals surface area contributed by atoms with E-state index in [-0.39, 0.29) is 11.5 Å². The lowest BCUT2D eigenvalue weighted by molar-refractivity contribution is 0.400. The quantitative estimate of drug-likeness (QED) is 0.551. The fraction of sp³-hybridized carbons (Fsp3) is 0.333. The van der Waals surface area contributed by atoms with Crippen molar-refractivity contribution >= 4 is 0 Å². The van der Waals surface area contributed by atoms with E-state index in [4.69, 9.17) is 5.11 Å². The van der Waals surface area contributed by atoms with Crippen LogP contribution in [0.25, 0.3) is 0 Å². The highest BCUT2D eigenvalue weighted by atomic mass is 16.3. The first-order valence-electron chi connectivity index (χ1n) is 3.82. The van der Waals surface area contributed by atoms with Gasteiger partial charge in [0.05, 0.1) is 0 Å². The molecule has 0 aliphatic heterocycles. The van der Waals surface area contributed by atoms with Crippen molar-refractivity contribution in [1.29, 1.82) is 0 Å². The van der Waals surface area contributed by atoms with E-state index >= 15 is 0 Å². The van der Waals surface area contributed by atoms with E-state index in [9.17, 15) is 5.11 Å². The molecule has 2 nitrogen and oxygen atoms in total. The Hall–Kier alpha value is -1.18. The van der Waals surface area contributed by atoms with Crippen LogP contribution in [0.2, 0.25) is 0 Å². The third-order valence-corrected chi connectivity index (χ3v) is 2.23. The summed E-state index contributed by atoms with van der Waals surface area (Å²) in [6.45, 7) is 0. The van der Waals surface area contributed by atoms with Gasteiger partial charge in [0, 0.05) is 5.56 Å². The van der Waals surface area contributed by atoms with E-state index < -0.39 is 0 Å². The second-order valence-electron chi connectivity index (χ2n) is 2.92. The normalized spacial score (nSPS) is 14.9. The topological polar surface area (TPSA) is 40.5 Å². The van der Waals surface area contributed by atoms with Crippen molar-refractivity contribution in [2.24, 2.45) is 0 Å². The molecule has 1 aliphatic rings. The first kappa shape index (κ1) is 6.53. The Morgan fingerprint density at radius 3 is 2.73 bits per heavy atom. The van der Waals surface area contributed by atoms with Gasteiger partial charge in [-0.05, 0) is 30.9 Å². The molecule has 0 aromatic heterocycles. The van der Waals surface area contributed by atoms with Crippen LogP contribution in [0.3, 0.4) is 0 Å². The molecule has 2 rings (SSSR count). The van der Waals surface area contributed by atoms with Crippen LogP contribution in [0.4, 0.5) is 0 Å². The minimum atomic E-state index is 0.00523. The Balaban J connectivity index is 2.62. The smallest absolute Gasteiger partial charge is 0.160 e. The number of aryl methyl sites for hydroxylation is 1. The molecule has 0 spiro atoms. The highest BCUT2D eigenvalue weighted by Crippen LogP contribution is 2.36. The molecule has 58 valence electrons. The van der Waals surface area contributed by atoms with Gasteiger partial charge in [0.25, 0.3) is 0 Å². The van der Waals surface area contributed by atoms with Crippen molar-refractivity contribution < 1.29 is 10.2 Å². The standard InChI is InChI=1S/C9H10O2/c10-8-5-4-6-2-1-3-7(6)9(8)11/h4-5,10-11H,1-3H2. The molecule has 0 fully saturated rings. The van der Waals surface area contributed by atoms with Gasteiger partial charge in [0.15, 0.2) is 11.5 Å². The molecule has 0 bridgehead atoms. The molecule has 1 aromatic carbocycles. The Morgan fingerprint density at radius 2 is 1.91 bits per heavy atom. The van der Waals surface area contributed by atoms with Gasteiger partial charge < -0.3 is 10.2 Å². The molecular weight excluding hydrogens is 140 g/mol. The summed E-state index contributed by atoms with van der Waals surface area (Å²) in [4.78, 5) is 0. The minimum Gasteiger partial charge on any atom is -0.504 e. The highest BCUT2D eigenvalue weighted by molar-refractivity contribution is 5.50. The van der Waals surface area contributed by atoms with E-state index in [1.54, 1.807) is 6.07 Å². The van der Waals surface area contributed by atoms with Gasteiger partial charge in [0.2, 0.25) is 0 Å². The number of phenols is 2. The summed E-state index contributed by atoms with van der Waals surface area (Å²) >= 11 is 0. The van der Waals surface area contributed by atoms with E-state index in [0.29, 0.717) is 0 Å². The van der Waals surface area contributed by atoms with Crippen LogP contribution < -0.4 is 0 Å². The largest absolute Gasteiger partial charge is 0.504 e. The van der Waals surface area contributed by atoms with Gasteiger partial charge in [-0.1, -0.05) is 6.07 Å². The highest BCUT2D eigenvalue weighted by Gasteiger charge is 2.16. The summed E-state index contributed by atoms with van der Waals surface area (Å²) in [6, 6.07) is 3.44. The molecular formula is C9H10O2. The Morgan fingerprint density at radius 1 is 1.09 bits per heavy atom. The second kappa shape index (κ2) is 2.16. The summed E-state index contributed by atoms with van der Waals surface area (Å²) in [6.07, 6.45) is 3.02. The third-order valence-electron chi connectivity index (χ3n) is 2.23. The summed E-state index contributed by atoms with van der Waals surface area (Å²) in [5.41, 5.74) is 2.12. The first-order valence-corrected chi connectivity index (χ1v) is 3.82. The van der Waals surface area contributed by atoms with E-state index in [2.05, 4.69) is 0 Å². The van der Waals surface area contributed by atoms with Gasteiger partial charge in [0.1, 0.15) is 0 Å². The molecule has 0 saturated heterocycles. The average Bonchev–Trinajstić information content (AvgIpc) is 2.45. The lowest BCUT2D eigenvalue weighted by atomic mass is 10.1. The number of hydrogen-bond donors (Lipinski definition) is 2. The summed E-state index contributed by atoms with van der Waals surface area (Å²) < 4.78 is 0. The Kier molecular flexibility index (Phi) is 1.28. The van der Waals surface area contributed by atoms with Crippen LogP contribution in [0.5, 0.6) is 11.5 Å². The number of benzene rings is 1. The van der Waals surface area contributed by atoms with Crippen LogP contribution >= 0.6 is 0 Å². The number of phenolic OH excluding ortho intramolecular Hbond substituents is 2. The summed E-state index contributed by atoms with van der Waals surface area (Å²) in [7, 11) is 0. The van der Waals surface area contributed by atoms with Crippen molar-refractivity contribution in [3.05, 3.63) is 23.3 Å². The number of aromatic hydroxyl groups is 2. The van der Waals surface area contributed by atoms with Crippen LogP contribution in [0, 0.1) is 0 Å². The van der Waals surface area contributed by atoms with Crippen LogP contribution in [0.1, 0.15) is 17.5 Å². The van der Waals surface area contributed by atoms with Crippen molar-refractivity contribution in [2.75, 3.05) is 0 Å². The second-order valence-corrected chi connectivity index (χ2v) is 2.92. The third kappa shape index (κ3) is 0.862. The molecule has 11 heavy (non-hydrogen) atoms. The maximum absolute atomic E-state index is 9.37. The number of rotatable bonds is 0. The van der Waals surface area contributed by atoms with Gasteiger partial charge in [-0.2, -0.15) is 0 Å². The average molecular weight is 150 g/mol. The molecule has 1 aliphatic carbocycles. The lowest BCUT2D eigenvalue weighted by Crippen LogP contribution is -1.82. The van der Waals surface area contributed by atoms with Gasteiger partial charge in [-0.15, -0.1) is 0 Å². The van der Waals surface area contributed by atoms with Crippen LogP contribution in [-0.2, 0) is 12.8 Å². The van der Waals surface area contributed by atoms with Crippen LogP contribution in [-0.4, -0.2) is 10.2 Å². The van der Waals surface area contributed by atoms with E-state index in [1.807, 2.05) is 6.07 Å². The molecule has 0 unspecified atom stereocenters. The monoisotopic (exact) mass is 150 g/mol. The fourth-order valence-corrected chi connectivity index (χ4v) is 1.63. The molecule has 0 atom stereocenters. The first-order chi connectivity index (χ1) is 5.29. The minimum absolute atomic E-state index is 0.00523. The summed E-state index contributed by atoms with van der Waals surface area (Å²) in [5, 5.41) is 18.5. The molecule has 0 heterocycles. The van der Waals surface area contributed by atoms with Gasteiger partial charge in [-0.25, -0.2) is 0 Å². The lowest BCUT2D eigenvalue weighted by Gasteiger charge is -2.03. The van der Waals surface area contributed by atoms with Crippen molar-refractivity contribution in [3.63, 3.8) is 0 Å². The summed E-state index contributed by atoms with van der Waals surface area (Å²) in [5.74, 6) is 0.0886. The SMILES string of the molecule is Oc1ccc2c(c1O)CCC2. The van der Waals surface area contributed by atoms with Crippen LogP contribution in [0.15, 0.2) is 12.1 Å². The van der Waals surface area contributed by atoms with Crippen molar-refractivity contribution in [1.82, 2.24) is 0 Å². The van der Waals surface area contributed by atoms with Crippen molar-refractivity contribution in [2.45, 2.75) is 19.3 Å². The van der Waals surface area contributed by atoms with E-state index in [0.717, 1.165) is 24.8 Å². The molecule has 1 aromatic rings. The van der Waals surface area contributed by atoms with Gasteiger partial charge >= 0.3 is 0 Å². The molecule has 2 N–H and O–H groups in total. The van der Waals surface area contributed by atoms with E-state index in [1.165, 1.54) is 5.56 Å². The fourth-order valence-electron chi connectivity index (χ4n) is 1.63. The molecule has 0 amide bonds. The maximum atomic E-state index is 9.37. The zero-order valence-corrected chi connectivity index (χ0v) is 6.17. The predicted octanol–water partition coefficient (Wildman–Crippen LogP) is 1.59. The number of fused-ring (bicyclic) bond motifs is 1. The molecule has 0 radical (unpaired) electrons. The Labute approximate surface area is 65.1 Å². The van der Waals surface area contributed by atoms with Crippen molar-refractivity contribution in [3.8, 4) is 11.5 Å². The molecule has 0 saturated carbocycles. The Bertz CT molecular complexity index is 292.